The predicted octanol–water partition coefficient (Wildman–Crippen LogP) is 4.56. The van der Waals surface area contributed by atoms with Gasteiger partial charge in [-0.1, -0.05) is 24.3 Å². The molecule has 0 saturated heterocycles. The van der Waals surface area contributed by atoms with Crippen LogP contribution in [0.1, 0.15) is 13.8 Å². The first-order chi connectivity index (χ1) is 16.6. The average molecular weight is 494 g/mol. The van der Waals surface area contributed by atoms with Crippen molar-refractivity contribution in [2.75, 3.05) is 35.0 Å². The van der Waals surface area contributed by atoms with Crippen LogP contribution in [0.15, 0.2) is 71.6 Å². The summed E-state index contributed by atoms with van der Waals surface area (Å²) < 4.78 is 28.9. The number of sulfone groups is 1. The van der Waals surface area contributed by atoms with Crippen LogP contribution < -0.4 is 19.9 Å². The molecule has 0 fully saturated rings. The molecule has 1 aliphatic rings. The molecule has 0 spiro atoms. The molecular formula is C26H27N3O5S. The fraction of sp³-hybridized carbons (Fsp3) is 0.231. The number of hydrogen-bond donors (Lipinski definition) is 1. The van der Waals surface area contributed by atoms with Gasteiger partial charge in [0, 0.05) is 31.5 Å². The fourth-order valence-electron chi connectivity index (χ4n) is 4.26. The van der Waals surface area contributed by atoms with Crippen LogP contribution in [0.4, 0.5) is 21.9 Å². The van der Waals surface area contributed by atoms with E-state index in [1.807, 2.05) is 25.1 Å². The van der Waals surface area contributed by atoms with Crippen molar-refractivity contribution in [1.82, 2.24) is 0 Å². The smallest absolute Gasteiger partial charge is 0.326 e. The predicted molar refractivity (Wildman–Crippen MR) is 137 cm³/mol. The van der Waals surface area contributed by atoms with Gasteiger partial charge in [-0.3, -0.25) is 9.69 Å². The third-order valence-corrected chi connectivity index (χ3v) is 7.06. The second-order valence-electron chi connectivity index (χ2n) is 8.51. The van der Waals surface area contributed by atoms with Crippen molar-refractivity contribution in [2.24, 2.45) is 0 Å². The van der Waals surface area contributed by atoms with E-state index in [1.165, 1.54) is 6.92 Å². The van der Waals surface area contributed by atoms with E-state index < -0.39 is 9.84 Å². The summed E-state index contributed by atoms with van der Waals surface area (Å²) in [6.45, 7) is 3.71. The zero-order valence-corrected chi connectivity index (χ0v) is 20.8. The van der Waals surface area contributed by atoms with Crippen LogP contribution in [0.25, 0.3) is 11.1 Å². The maximum Gasteiger partial charge on any atom is 0.326 e. The van der Waals surface area contributed by atoms with Crippen LogP contribution in [-0.2, 0) is 14.6 Å². The first kappa shape index (κ1) is 24.3. The minimum atomic E-state index is -3.31. The van der Waals surface area contributed by atoms with Gasteiger partial charge in [-0.05, 0) is 54.4 Å². The Balaban J connectivity index is 1.74. The zero-order chi connectivity index (χ0) is 25.3. The summed E-state index contributed by atoms with van der Waals surface area (Å²) in [5.41, 5.74) is 3.39. The summed E-state index contributed by atoms with van der Waals surface area (Å²) in [6, 6.07) is 18.6. The lowest BCUT2D eigenvalue weighted by Crippen LogP contribution is -2.52. The van der Waals surface area contributed by atoms with E-state index in [0.717, 1.165) is 17.4 Å². The maximum atomic E-state index is 13.4. The molecule has 0 aliphatic carbocycles. The van der Waals surface area contributed by atoms with Crippen molar-refractivity contribution in [3.05, 3.63) is 66.7 Å². The molecule has 3 amide bonds. The number of urea groups is 1. The summed E-state index contributed by atoms with van der Waals surface area (Å²) in [6.07, 6.45) is 1.16. The lowest BCUT2D eigenvalue weighted by atomic mass is 10.0. The zero-order valence-electron chi connectivity index (χ0n) is 20.0. The largest absolute Gasteiger partial charge is 0.497 e. The molecule has 1 heterocycles. The molecule has 1 N–H and O–H groups in total. The summed E-state index contributed by atoms with van der Waals surface area (Å²) in [5.74, 6) is 0.509. The number of amides is 3. The highest BCUT2D eigenvalue weighted by Gasteiger charge is 2.34. The maximum absolute atomic E-state index is 13.4. The molecule has 35 heavy (non-hydrogen) atoms. The first-order valence-electron chi connectivity index (χ1n) is 11.1. The number of rotatable bonds is 4. The molecule has 0 aromatic heterocycles. The Morgan fingerprint density at radius 1 is 0.971 bits per heavy atom. The number of nitrogens with zero attached hydrogens (tertiary/aromatic N) is 2. The molecule has 3 aromatic rings. The summed E-state index contributed by atoms with van der Waals surface area (Å²) in [4.78, 5) is 29.3. The average Bonchev–Trinajstić information content (AvgIpc) is 2.82. The number of hydrogen-bond acceptors (Lipinski definition) is 5. The number of carbonyl (C=O) groups is 2. The van der Waals surface area contributed by atoms with E-state index in [0.29, 0.717) is 29.4 Å². The van der Waals surface area contributed by atoms with Crippen LogP contribution in [0.3, 0.4) is 0 Å². The normalized spacial score (nSPS) is 15.4. The Kier molecular flexibility index (Phi) is 6.53. The van der Waals surface area contributed by atoms with Gasteiger partial charge in [-0.15, -0.1) is 0 Å². The lowest BCUT2D eigenvalue weighted by Gasteiger charge is -2.40. The monoisotopic (exact) mass is 493 g/mol. The van der Waals surface area contributed by atoms with E-state index in [2.05, 4.69) is 5.32 Å². The lowest BCUT2D eigenvalue weighted by molar-refractivity contribution is -0.117. The molecule has 4 rings (SSSR count). The fourth-order valence-corrected chi connectivity index (χ4v) is 4.89. The first-order valence-corrected chi connectivity index (χ1v) is 12.9. The van der Waals surface area contributed by atoms with Gasteiger partial charge >= 0.3 is 6.03 Å². The molecule has 0 bridgehead atoms. The number of ether oxygens (including phenoxy) is 1. The van der Waals surface area contributed by atoms with Gasteiger partial charge in [0.15, 0.2) is 9.84 Å². The minimum absolute atomic E-state index is 0.114. The van der Waals surface area contributed by atoms with Crippen molar-refractivity contribution in [2.45, 2.75) is 24.8 Å². The van der Waals surface area contributed by atoms with Crippen molar-refractivity contribution < 1.29 is 22.7 Å². The van der Waals surface area contributed by atoms with Crippen LogP contribution in [0.2, 0.25) is 0 Å². The minimum Gasteiger partial charge on any atom is -0.497 e. The molecule has 0 saturated carbocycles. The number of benzene rings is 3. The van der Waals surface area contributed by atoms with Crippen molar-refractivity contribution >= 4 is 38.8 Å². The van der Waals surface area contributed by atoms with Gasteiger partial charge in [0.2, 0.25) is 5.91 Å². The van der Waals surface area contributed by atoms with E-state index in [1.54, 1.807) is 65.4 Å². The van der Waals surface area contributed by atoms with E-state index in [4.69, 9.17) is 4.74 Å². The third-order valence-electron chi connectivity index (χ3n) is 5.93. The van der Waals surface area contributed by atoms with E-state index in [9.17, 15) is 18.0 Å². The quantitative estimate of drug-likeness (QED) is 0.575. The van der Waals surface area contributed by atoms with Crippen LogP contribution in [0, 0.1) is 0 Å². The van der Waals surface area contributed by atoms with Crippen molar-refractivity contribution in [3.8, 4) is 16.9 Å². The van der Waals surface area contributed by atoms with Crippen molar-refractivity contribution in [1.29, 1.82) is 0 Å². The van der Waals surface area contributed by atoms with Gasteiger partial charge < -0.3 is 15.0 Å². The number of methoxy groups -OCH3 is 1. The molecule has 0 radical (unpaired) electrons. The highest BCUT2D eigenvalue weighted by molar-refractivity contribution is 7.90. The molecule has 1 atom stereocenters. The summed E-state index contributed by atoms with van der Waals surface area (Å²) >= 11 is 0. The number of anilines is 3. The highest BCUT2D eigenvalue weighted by Crippen LogP contribution is 2.39. The number of nitrogens with one attached hydrogen (secondary N) is 1. The molecule has 8 nitrogen and oxygen atoms in total. The molecule has 1 aliphatic heterocycles. The molecule has 9 heteroatoms. The Labute approximate surface area is 205 Å². The van der Waals surface area contributed by atoms with Gasteiger partial charge in [0.25, 0.3) is 0 Å². The van der Waals surface area contributed by atoms with E-state index in [-0.39, 0.29) is 22.9 Å². The Hall–Kier alpha value is -3.85. The van der Waals surface area contributed by atoms with Gasteiger partial charge in [-0.25, -0.2) is 13.2 Å². The van der Waals surface area contributed by atoms with Crippen LogP contribution >= 0.6 is 0 Å². The van der Waals surface area contributed by atoms with Gasteiger partial charge in [0.1, 0.15) is 5.75 Å². The molecule has 182 valence electrons. The topological polar surface area (TPSA) is 96.0 Å². The number of fused-ring (bicyclic) bond motifs is 1. The van der Waals surface area contributed by atoms with Gasteiger partial charge in [0.05, 0.1) is 29.4 Å². The van der Waals surface area contributed by atoms with Crippen molar-refractivity contribution in [3.63, 3.8) is 0 Å². The number of carbonyl (C=O) groups excluding carboxylic acids is 2. The Morgan fingerprint density at radius 2 is 1.66 bits per heavy atom. The Morgan fingerprint density at radius 3 is 2.29 bits per heavy atom. The van der Waals surface area contributed by atoms with Crippen LogP contribution in [0.5, 0.6) is 5.75 Å². The summed E-state index contributed by atoms with van der Waals surface area (Å²) in [7, 11) is -1.75. The molecular weight excluding hydrogens is 466 g/mol. The third kappa shape index (κ3) is 5.00. The molecule has 3 aromatic carbocycles. The van der Waals surface area contributed by atoms with Gasteiger partial charge in [-0.2, -0.15) is 0 Å². The highest BCUT2D eigenvalue weighted by atomic mass is 32.2. The second-order valence-corrected chi connectivity index (χ2v) is 10.5. The Bertz CT molecular complexity index is 1390. The van der Waals surface area contributed by atoms with E-state index >= 15 is 0 Å². The SMILES string of the molecule is COc1cccc(NC(=O)N2C[C@H](C)N(C(C)=O)c3ccc(-c4ccc(S(C)(=O)=O)cc4)cc32)c1. The molecule has 0 unspecified atom stereocenters. The standard InChI is InChI=1S/C26H27N3O5S/c1-17-16-28(26(31)27-21-6-5-7-22(15-21)34-3)25-14-20(10-13-24(25)29(17)18(2)30)19-8-11-23(12-9-19)35(4,32)33/h5-15,17H,16H2,1-4H3,(H,27,31)/t17-/m0/s1. The van der Waals surface area contributed by atoms with Crippen LogP contribution in [-0.4, -0.2) is 46.3 Å². The second kappa shape index (κ2) is 9.42. The summed E-state index contributed by atoms with van der Waals surface area (Å²) in [5, 5.41) is 2.91.